The van der Waals surface area contributed by atoms with E-state index in [9.17, 15) is 4.79 Å². The number of hydrogen-bond acceptors (Lipinski definition) is 3. The summed E-state index contributed by atoms with van der Waals surface area (Å²) >= 11 is 0. The first-order valence-electron chi connectivity index (χ1n) is 6.68. The van der Waals surface area contributed by atoms with Crippen LogP contribution in [0.15, 0.2) is 0 Å². The van der Waals surface area contributed by atoms with E-state index < -0.39 is 0 Å². The average Bonchev–Trinajstić information content (AvgIpc) is 3.15. The molecule has 4 heteroatoms. The normalized spacial score (nSPS) is 29.1. The van der Waals surface area contributed by atoms with Gasteiger partial charge in [-0.25, -0.2) is 0 Å². The van der Waals surface area contributed by atoms with Gasteiger partial charge in [0.2, 0.25) is 5.91 Å². The predicted molar refractivity (Wildman–Crippen MR) is 66.8 cm³/mol. The fourth-order valence-electron chi connectivity index (χ4n) is 2.61. The monoisotopic (exact) mass is 240 g/mol. The first kappa shape index (κ1) is 12.8. The van der Waals surface area contributed by atoms with Crippen LogP contribution in [0.5, 0.6) is 0 Å². The van der Waals surface area contributed by atoms with E-state index in [1.165, 1.54) is 12.8 Å². The molecule has 0 radical (unpaired) electrons. The second kappa shape index (κ2) is 5.36. The van der Waals surface area contributed by atoms with E-state index in [4.69, 9.17) is 4.74 Å². The van der Waals surface area contributed by atoms with E-state index >= 15 is 0 Å². The van der Waals surface area contributed by atoms with Gasteiger partial charge in [-0.05, 0) is 39.2 Å². The van der Waals surface area contributed by atoms with Crippen molar-refractivity contribution in [2.75, 3.05) is 33.4 Å². The topological polar surface area (TPSA) is 41.6 Å². The van der Waals surface area contributed by atoms with Gasteiger partial charge in [-0.1, -0.05) is 0 Å². The molecule has 17 heavy (non-hydrogen) atoms. The van der Waals surface area contributed by atoms with Gasteiger partial charge in [-0.2, -0.15) is 0 Å². The molecular weight excluding hydrogens is 216 g/mol. The van der Waals surface area contributed by atoms with Gasteiger partial charge >= 0.3 is 0 Å². The molecule has 1 heterocycles. The van der Waals surface area contributed by atoms with E-state index in [2.05, 4.69) is 17.1 Å². The number of ether oxygens (including phenoxy) is 1. The highest BCUT2D eigenvalue weighted by Gasteiger charge is 2.42. The Labute approximate surface area is 104 Å². The number of nitrogens with one attached hydrogen (secondary N) is 1. The van der Waals surface area contributed by atoms with Crippen LogP contribution < -0.4 is 5.32 Å². The Morgan fingerprint density at radius 3 is 2.82 bits per heavy atom. The molecule has 1 atom stereocenters. The Morgan fingerprint density at radius 2 is 2.29 bits per heavy atom. The summed E-state index contributed by atoms with van der Waals surface area (Å²) in [6.07, 6.45) is 4.44. The summed E-state index contributed by atoms with van der Waals surface area (Å²) in [6, 6.07) is 0.483. The van der Waals surface area contributed by atoms with Crippen LogP contribution in [-0.4, -0.2) is 50.2 Å². The zero-order valence-corrected chi connectivity index (χ0v) is 11.0. The van der Waals surface area contributed by atoms with E-state index in [0.717, 1.165) is 32.5 Å². The van der Waals surface area contributed by atoms with Gasteiger partial charge in [0.15, 0.2) is 0 Å². The van der Waals surface area contributed by atoms with E-state index in [1.54, 1.807) is 7.11 Å². The molecule has 1 aliphatic heterocycles. The molecule has 1 unspecified atom stereocenters. The zero-order valence-electron chi connectivity index (χ0n) is 11.0. The third kappa shape index (κ3) is 2.99. The summed E-state index contributed by atoms with van der Waals surface area (Å²) in [7, 11) is 1.69. The summed E-state index contributed by atoms with van der Waals surface area (Å²) in [4.78, 5) is 14.7. The van der Waals surface area contributed by atoms with Crippen molar-refractivity contribution in [3.63, 3.8) is 0 Å². The van der Waals surface area contributed by atoms with Gasteiger partial charge in [0.1, 0.15) is 0 Å². The molecule has 2 fully saturated rings. The minimum absolute atomic E-state index is 0.200. The van der Waals surface area contributed by atoms with Crippen molar-refractivity contribution in [2.24, 2.45) is 5.41 Å². The van der Waals surface area contributed by atoms with Gasteiger partial charge < -0.3 is 15.0 Å². The van der Waals surface area contributed by atoms with Crippen LogP contribution in [0.4, 0.5) is 0 Å². The van der Waals surface area contributed by atoms with Gasteiger partial charge in [0.25, 0.3) is 0 Å². The summed E-state index contributed by atoms with van der Waals surface area (Å²) in [6.45, 7) is 5.36. The Bertz CT molecular complexity index is 271. The van der Waals surface area contributed by atoms with Crippen molar-refractivity contribution in [2.45, 2.75) is 38.6 Å². The van der Waals surface area contributed by atoms with Gasteiger partial charge in [0.05, 0.1) is 12.0 Å². The van der Waals surface area contributed by atoms with Crippen molar-refractivity contribution in [1.29, 1.82) is 0 Å². The molecule has 4 nitrogen and oxygen atoms in total. The molecule has 0 aromatic rings. The average molecular weight is 240 g/mol. The van der Waals surface area contributed by atoms with Crippen LogP contribution in [0.25, 0.3) is 0 Å². The minimum atomic E-state index is -0.200. The fourth-order valence-corrected chi connectivity index (χ4v) is 2.61. The number of rotatable bonds is 5. The molecule has 0 aromatic heterocycles. The highest BCUT2D eigenvalue weighted by molar-refractivity contribution is 5.83. The van der Waals surface area contributed by atoms with Crippen LogP contribution in [0.2, 0.25) is 0 Å². The van der Waals surface area contributed by atoms with Crippen LogP contribution in [0.1, 0.15) is 32.6 Å². The standard InChI is InChI=1S/C13H24N2O2/c1-13(6-3-7-14-10-13)12(16)15(8-9-17-2)11-4-5-11/h11,14H,3-10H2,1-2H3. The van der Waals surface area contributed by atoms with Gasteiger partial charge in [-0.15, -0.1) is 0 Å². The lowest BCUT2D eigenvalue weighted by Gasteiger charge is -2.37. The van der Waals surface area contributed by atoms with Crippen molar-refractivity contribution in [1.82, 2.24) is 10.2 Å². The zero-order chi connectivity index (χ0) is 12.3. The maximum atomic E-state index is 12.6. The molecule has 2 rings (SSSR count). The minimum Gasteiger partial charge on any atom is -0.383 e. The maximum absolute atomic E-state index is 12.6. The largest absolute Gasteiger partial charge is 0.383 e. The molecule has 2 aliphatic rings. The lowest BCUT2D eigenvalue weighted by molar-refractivity contribution is -0.143. The third-order valence-electron chi connectivity index (χ3n) is 3.90. The van der Waals surface area contributed by atoms with Crippen molar-refractivity contribution in [3.8, 4) is 0 Å². The van der Waals surface area contributed by atoms with Crippen LogP contribution in [0, 0.1) is 5.41 Å². The Hall–Kier alpha value is -0.610. The van der Waals surface area contributed by atoms with E-state index in [-0.39, 0.29) is 5.41 Å². The number of carbonyl (C=O) groups is 1. The fraction of sp³-hybridized carbons (Fsp3) is 0.923. The Kier molecular flexibility index (Phi) is 4.05. The number of nitrogens with zero attached hydrogens (tertiary/aromatic N) is 1. The predicted octanol–water partition coefficient (Wildman–Crippen LogP) is 1.01. The number of hydrogen-bond donors (Lipinski definition) is 1. The lowest BCUT2D eigenvalue weighted by Crippen LogP contribution is -2.51. The lowest BCUT2D eigenvalue weighted by atomic mass is 9.81. The number of carbonyl (C=O) groups excluding carboxylic acids is 1. The molecule has 1 saturated heterocycles. The molecule has 1 N–H and O–H groups in total. The molecule has 0 bridgehead atoms. The summed E-state index contributed by atoms with van der Waals surface area (Å²) in [5.41, 5.74) is -0.200. The van der Waals surface area contributed by atoms with E-state index in [1.807, 2.05) is 0 Å². The highest BCUT2D eigenvalue weighted by atomic mass is 16.5. The summed E-state index contributed by atoms with van der Waals surface area (Å²) < 4.78 is 5.11. The summed E-state index contributed by atoms with van der Waals surface area (Å²) in [5, 5.41) is 3.35. The Balaban J connectivity index is 1.98. The molecule has 0 aromatic carbocycles. The van der Waals surface area contributed by atoms with Crippen molar-refractivity contribution in [3.05, 3.63) is 0 Å². The summed E-state index contributed by atoms with van der Waals surface area (Å²) in [5.74, 6) is 0.323. The molecule has 98 valence electrons. The van der Waals surface area contributed by atoms with Crippen LogP contribution in [0.3, 0.4) is 0 Å². The number of piperidine rings is 1. The smallest absolute Gasteiger partial charge is 0.230 e. The molecule has 1 aliphatic carbocycles. The number of amides is 1. The Morgan fingerprint density at radius 1 is 1.53 bits per heavy atom. The number of methoxy groups -OCH3 is 1. The molecule has 1 saturated carbocycles. The quantitative estimate of drug-likeness (QED) is 0.780. The second-order valence-electron chi connectivity index (χ2n) is 5.56. The molecule has 1 amide bonds. The first-order chi connectivity index (χ1) is 8.17. The van der Waals surface area contributed by atoms with Crippen molar-refractivity contribution >= 4 is 5.91 Å². The highest BCUT2D eigenvalue weighted by Crippen LogP contribution is 2.34. The maximum Gasteiger partial charge on any atom is 0.230 e. The van der Waals surface area contributed by atoms with Gasteiger partial charge in [0, 0.05) is 26.2 Å². The van der Waals surface area contributed by atoms with Gasteiger partial charge in [-0.3, -0.25) is 4.79 Å². The van der Waals surface area contributed by atoms with E-state index in [0.29, 0.717) is 18.6 Å². The molecular formula is C13H24N2O2. The van der Waals surface area contributed by atoms with Crippen LogP contribution in [-0.2, 0) is 9.53 Å². The van der Waals surface area contributed by atoms with Crippen molar-refractivity contribution < 1.29 is 9.53 Å². The second-order valence-corrected chi connectivity index (χ2v) is 5.56. The SMILES string of the molecule is COCCN(C(=O)C1(C)CCCNC1)C1CC1. The van der Waals surface area contributed by atoms with Crippen LogP contribution >= 0.6 is 0 Å². The third-order valence-corrected chi connectivity index (χ3v) is 3.90. The first-order valence-corrected chi connectivity index (χ1v) is 6.68. The molecule has 0 spiro atoms.